The minimum absolute atomic E-state index is 0.0194. The van der Waals surface area contributed by atoms with Gasteiger partial charge in [-0.25, -0.2) is 0 Å². The molecule has 1 fully saturated rings. The van der Waals surface area contributed by atoms with Gasteiger partial charge in [-0.05, 0) is 54.4 Å². The number of likely N-dealkylation sites (tertiary alicyclic amines) is 1. The van der Waals surface area contributed by atoms with Crippen molar-refractivity contribution in [2.45, 2.75) is 30.7 Å². The number of alkyl halides is 6. The van der Waals surface area contributed by atoms with E-state index in [-0.39, 0.29) is 31.1 Å². The summed E-state index contributed by atoms with van der Waals surface area (Å²) in [5.41, 5.74) is -2.80. The standard InChI is InChI=1S/C24H19ClF6N2O/c25-19-5-3-15(4-6-19)20-14-33(10-7-21(20)32-8-1-2-9-32)22(34)16-11-17(23(26,27)28)13-18(12-16)24(29,30)31/h1-6,8-9,11-13,20-21H,7,10,14H2. The molecule has 2 unspecified atom stereocenters. The zero-order chi connectivity index (χ0) is 24.7. The molecule has 2 atom stereocenters. The van der Waals surface area contributed by atoms with Crippen LogP contribution in [0, 0.1) is 0 Å². The van der Waals surface area contributed by atoms with E-state index in [1.807, 2.05) is 41.2 Å². The first-order chi connectivity index (χ1) is 15.9. The second-order valence-electron chi connectivity index (χ2n) is 8.19. The summed E-state index contributed by atoms with van der Waals surface area (Å²) in [4.78, 5) is 14.5. The van der Waals surface area contributed by atoms with E-state index in [1.165, 1.54) is 4.90 Å². The van der Waals surface area contributed by atoms with Gasteiger partial charge in [0.15, 0.2) is 0 Å². The van der Waals surface area contributed by atoms with Crippen LogP contribution in [0.4, 0.5) is 26.3 Å². The van der Waals surface area contributed by atoms with Gasteiger partial charge in [-0.3, -0.25) is 4.79 Å². The predicted molar refractivity (Wildman–Crippen MR) is 115 cm³/mol. The Hall–Kier alpha value is -2.94. The van der Waals surface area contributed by atoms with Gasteiger partial charge in [0.2, 0.25) is 0 Å². The smallest absolute Gasteiger partial charge is 0.351 e. The maximum absolute atomic E-state index is 13.3. The molecule has 1 aliphatic heterocycles. The molecule has 4 rings (SSSR count). The zero-order valence-electron chi connectivity index (χ0n) is 17.6. The Kier molecular flexibility index (Phi) is 6.42. The van der Waals surface area contributed by atoms with E-state index in [4.69, 9.17) is 11.6 Å². The molecule has 180 valence electrons. The number of aromatic nitrogens is 1. The average Bonchev–Trinajstić information content (AvgIpc) is 3.32. The Morgan fingerprint density at radius 1 is 0.882 bits per heavy atom. The highest BCUT2D eigenvalue weighted by Crippen LogP contribution is 2.39. The highest BCUT2D eigenvalue weighted by molar-refractivity contribution is 6.30. The Bertz CT molecular complexity index is 1120. The van der Waals surface area contributed by atoms with Crippen molar-refractivity contribution < 1.29 is 31.1 Å². The summed E-state index contributed by atoms with van der Waals surface area (Å²) in [6.07, 6.45) is -5.81. The monoisotopic (exact) mass is 500 g/mol. The Labute approximate surface area is 196 Å². The quantitative estimate of drug-likeness (QED) is 0.354. The van der Waals surface area contributed by atoms with Crippen molar-refractivity contribution in [1.82, 2.24) is 9.47 Å². The van der Waals surface area contributed by atoms with E-state index >= 15 is 0 Å². The van der Waals surface area contributed by atoms with Gasteiger partial charge in [-0.2, -0.15) is 26.3 Å². The molecule has 0 spiro atoms. The lowest BCUT2D eigenvalue weighted by molar-refractivity contribution is -0.143. The number of halogens is 7. The summed E-state index contributed by atoms with van der Waals surface area (Å²) in [5.74, 6) is -1.11. The molecule has 0 bridgehead atoms. The molecule has 1 aromatic heterocycles. The van der Waals surface area contributed by atoms with Crippen LogP contribution in [0.5, 0.6) is 0 Å². The zero-order valence-corrected chi connectivity index (χ0v) is 18.3. The van der Waals surface area contributed by atoms with Crippen molar-refractivity contribution >= 4 is 17.5 Å². The SMILES string of the molecule is O=C(c1cc(C(F)(F)F)cc(C(F)(F)F)c1)N1CCC(n2cccc2)C(c2ccc(Cl)cc2)C1. The fourth-order valence-electron chi connectivity index (χ4n) is 4.35. The lowest BCUT2D eigenvalue weighted by Gasteiger charge is -2.40. The summed E-state index contributed by atoms with van der Waals surface area (Å²) in [7, 11) is 0. The van der Waals surface area contributed by atoms with Crippen molar-refractivity contribution in [2.75, 3.05) is 13.1 Å². The highest BCUT2D eigenvalue weighted by atomic mass is 35.5. The first-order valence-corrected chi connectivity index (χ1v) is 10.8. The molecule has 0 saturated carbocycles. The molecule has 3 aromatic rings. The molecule has 0 aliphatic carbocycles. The third-order valence-corrected chi connectivity index (χ3v) is 6.26. The van der Waals surface area contributed by atoms with E-state index in [0.717, 1.165) is 5.56 Å². The second kappa shape index (κ2) is 9.02. The van der Waals surface area contributed by atoms with E-state index < -0.39 is 35.0 Å². The van der Waals surface area contributed by atoms with Crippen molar-refractivity contribution in [2.24, 2.45) is 0 Å². The minimum atomic E-state index is -5.02. The van der Waals surface area contributed by atoms with Crippen LogP contribution in [-0.4, -0.2) is 28.5 Å². The molecule has 3 nitrogen and oxygen atoms in total. The summed E-state index contributed by atoms with van der Waals surface area (Å²) in [6.45, 7) is 0.310. The normalized spacial score (nSPS) is 19.3. The van der Waals surface area contributed by atoms with Crippen LogP contribution in [0.3, 0.4) is 0 Å². The molecule has 1 saturated heterocycles. The van der Waals surface area contributed by atoms with Gasteiger partial charge in [0.1, 0.15) is 0 Å². The molecule has 2 heterocycles. The van der Waals surface area contributed by atoms with E-state index in [1.54, 1.807) is 12.1 Å². The van der Waals surface area contributed by atoms with Gasteiger partial charge in [-0.15, -0.1) is 0 Å². The number of piperidine rings is 1. The number of hydrogen-bond donors (Lipinski definition) is 0. The van der Waals surface area contributed by atoms with Gasteiger partial charge < -0.3 is 9.47 Å². The maximum atomic E-state index is 13.3. The molecular formula is C24H19ClF6N2O. The molecule has 0 radical (unpaired) electrons. The fourth-order valence-corrected chi connectivity index (χ4v) is 4.47. The molecular weight excluding hydrogens is 482 g/mol. The first kappa shape index (κ1) is 24.2. The van der Waals surface area contributed by atoms with Gasteiger partial charge >= 0.3 is 12.4 Å². The number of hydrogen-bond acceptors (Lipinski definition) is 1. The third-order valence-electron chi connectivity index (χ3n) is 6.01. The largest absolute Gasteiger partial charge is 0.416 e. The predicted octanol–water partition coefficient (Wildman–Crippen LogP) is 7.05. The van der Waals surface area contributed by atoms with Crippen molar-refractivity contribution in [3.63, 3.8) is 0 Å². The lowest BCUT2D eigenvalue weighted by Crippen LogP contribution is -2.43. The molecule has 1 amide bonds. The molecule has 2 aromatic carbocycles. The number of carbonyl (C=O) groups is 1. The van der Waals surface area contributed by atoms with Crippen molar-refractivity contribution in [1.29, 1.82) is 0 Å². The maximum Gasteiger partial charge on any atom is 0.416 e. The Morgan fingerprint density at radius 3 is 1.97 bits per heavy atom. The average molecular weight is 501 g/mol. The second-order valence-corrected chi connectivity index (χ2v) is 8.63. The number of amides is 1. The van der Waals surface area contributed by atoms with E-state index in [0.29, 0.717) is 23.6 Å². The van der Waals surface area contributed by atoms with Crippen molar-refractivity contribution in [3.8, 4) is 0 Å². The van der Waals surface area contributed by atoms with Gasteiger partial charge in [0.05, 0.1) is 11.1 Å². The molecule has 1 aliphatic rings. The number of benzene rings is 2. The number of carbonyl (C=O) groups excluding carboxylic acids is 1. The lowest BCUT2D eigenvalue weighted by atomic mass is 9.85. The summed E-state index contributed by atoms with van der Waals surface area (Å²) in [6, 6.07) is 11.7. The minimum Gasteiger partial charge on any atom is -0.351 e. The van der Waals surface area contributed by atoms with Crippen LogP contribution in [0.2, 0.25) is 5.02 Å². The van der Waals surface area contributed by atoms with Crippen LogP contribution in [-0.2, 0) is 12.4 Å². The third kappa shape index (κ3) is 5.09. The number of rotatable bonds is 3. The van der Waals surface area contributed by atoms with Gasteiger partial charge in [-0.1, -0.05) is 23.7 Å². The van der Waals surface area contributed by atoms with E-state index in [9.17, 15) is 31.1 Å². The van der Waals surface area contributed by atoms with Crippen LogP contribution >= 0.6 is 11.6 Å². The van der Waals surface area contributed by atoms with Crippen LogP contribution in [0.15, 0.2) is 67.0 Å². The Balaban J connectivity index is 1.68. The molecule has 10 heteroatoms. The van der Waals surface area contributed by atoms with Crippen LogP contribution in [0.25, 0.3) is 0 Å². The fraction of sp³-hybridized carbons (Fsp3) is 0.292. The van der Waals surface area contributed by atoms with E-state index in [2.05, 4.69) is 0 Å². The topological polar surface area (TPSA) is 25.2 Å². The van der Waals surface area contributed by atoms with Crippen LogP contribution < -0.4 is 0 Å². The summed E-state index contributed by atoms with van der Waals surface area (Å²) < 4.78 is 81.6. The van der Waals surface area contributed by atoms with Crippen molar-refractivity contribution in [3.05, 3.63) is 94.3 Å². The molecule has 34 heavy (non-hydrogen) atoms. The first-order valence-electron chi connectivity index (χ1n) is 10.4. The highest BCUT2D eigenvalue weighted by Gasteiger charge is 2.39. The van der Waals surface area contributed by atoms with Gasteiger partial charge in [0, 0.05) is 48.0 Å². The van der Waals surface area contributed by atoms with Gasteiger partial charge in [0.25, 0.3) is 5.91 Å². The molecule has 0 N–H and O–H groups in total. The summed E-state index contributed by atoms with van der Waals surface area (Å²) in [5, 5.41) is 0.522. The summed E-state index contributed by atoms with van der Waals surface area (Å²) >= 11 is 6.00. The number of nitrogens with zero attached hydrogens (tertiary/aromatic N) is 2. The van der Waals surface area contributed by atoms with Crippen LogP contribution in [0.1, 0.15) is 45.4 Å². The Morgan fingerprint density at radius 2 is 1.44 bits per heavy atom.